The summed E-state index contributed by atoms with van der Waals surface area (Å²) < 4.78 is 5.61. The zero-order valence-electron chi connectivity index (χ0n) is 29.2. The number of nitrogens with zero attached hydrogens (tertiary/aromatic N) is 2. The van der Waals surface area contributed by atoms with Gasteiger partial charge in [-0.25, -0.2) is 0 Å². The van der Waals surface area contributed by atoms with Gasteiger partial charge in [-0.2, -0.15) is 11.8 Å². The van der Waals surface area contributed by atoms with Crippen LogP contribution in [0.4, 0.5) is 0 Å². The summed E-state index contributed by atoms with van der Waals surface area (Å²) in [6.45, 7) is 24.9. The molecule has 252 valence electrons. The number of rotatable bonds is 24. The Balaban J connectivity index is 4.90. The first kappa shape index (κ1) is 44.7. The first-order valence-corrected chi connectivity index (χ1v) is 31.2. The van der Waals surface area contributed by atoms with E-state index in [1.807, 2.05) is 0 Å². The molecule has 0 aromatic heterocycles. The molecule has 13 heteroatoms. The van der Waals surface area contributed by atoms with Crippen LogP contribution in [0.3, 0.4) is 0 Å². The van der Waals surface area contributed by atoms with Gasteiger partial charge in [0.2, 0.25) is 14.8 Å². The number of allylic oxidation sites excluding steroid dienone is 4. The molecule has 0 radical (unpaired) electrons. The Morgan fingerprint density at radius 1 is 0.558 bits per heavy atom. The maximum atomic E-state index is 6.74. The van der Waals surface area contributed by atoms with Crippen LogP contribution in [-0.4, -0.2) is 86.6 Å². The molecular formula is C30H64Cl4N2SSi6. The van der Waals surface area contributed by atoms with Crippen LogP contribution in [0.1, 0.15) is 108 Å². The van der Waals surface area contributed by atoms with Gasteiger partial charge in [-0.3, -0.25) is 0 Å². The van der Waals surface area contributed by atoms with Crippen LogP contribution in [0.15, 0.2) is 45.1 Å². The highest BCUT2D eigenvalue weighted by Gasteiger charge is 2.34. The van der Waals surface area contributed by atoms with Crippen molar-refractivity contribution >= 4 is 110 Å². The van der Waals surface area contributed by atoms with Crippen molar-refractivity contribution < 1.29 is 0 Å². The van der Waals surface area contributed by atoms with Gasteiger partial charge in [0.1, 0.15) is 38.7 Å². The zero-order chi connectivity index (χ0) is 33.1. The van der Waals surface area contributed by atoms with Gasteiger partial charge in [-0.05, 0) is 129 Å². The highest BCUT2D eigenvalue weighted by atomic mass is 35.7. The molecule has 0 aliphatic rings. The van der Waals surface area contributed by atoms with E-state index in [1.54, 1.807) is 0 Å². The minimum Gasteiger partial charge on any atom is -0.349 e. The monoisotopic (exact) mass is 792 g/mol. The Morgan fingerprint density at radius 3 is 1.07 bits per heavy atom. The van der Waals surface area contributed by atoms with Gasteiger partial charge in [0, 0.05) is 0 Å². The number of hydrogen-bond acceptors (Lipinski definition) is 3. The standard InChI is InChI=1S/C30H64Cl4N2SSi6/c1-25(2)21-38-35(39-22-26(3)4)17-11-13-29(9,42(31)32)15-19-37-20-16-30(10,43(33)34)14-12-18-36(40-23-27(5)6)41-24-28(7)8/h21-24,42-43H,11-20,38-41H2,1-10H3. The molecule has 0 N–H and O–H groups in total. The molecule has 2 nitrogen and oxygen atoms in total. The van der Waals surface area contributed by atoms with E-state index < -0.39 is 14.8 Å². The maximum absolute atomic E-state index is 6.74. The molecule has 0 saturated heterocycles. The average Bonchev–Trinajstić information content (AvgIpc) is 2.90. The second-order valence-corrected chi connectivity index (χ2v) is 34.1. The van der Waals surface area contributed by atoms with Crippen LogP contribution in [-0.2, 0) is 0 Å². The molecule has 0 aromatic rings. The van der Waals surface area contributed by atoms with Crippen molar-refractivity contribution in [3.8, 4) is 0 Å². The van der Waals surface area contributed by atoms with Crippen LogP contribution in [0, 0.1) is 0 Å². The lowest BCUT2D eigenvalue weighted by Crippen LogP contribution is -2.32. The van der Waals surface area contributed by atoms with Gasteiger partial charge >= 0.3 is 0 Å². The van der Waals surface area contributed by atoms with Crippen LogP contribution < -0.4 is 0 Å². The van der Waals surface area contributed by atoms with E-state index in [1.165, 1.54) is 48.2 Å². The molecule has 0 bridgehead atoms. The molecule has 2 unspecified atom stereocenters. The van der Waals surface area contributed by atoms with Crippen molar-refractivity contribution in [2.45, 2.75) is 118 Å². The lowest BCUT2D eigenvalue weighted by molar-refractivity contribution is 0.486. The van der Waals surface area contributed by atoms with E-state index in [0.717, 1.165) is 37.2 Å². The second kappa shape index (κ2) is 24.8. The Labute approximate surface area is 303 Å². The first-order valence-electron chi connectivity index (χ1n) is 16.1. The minimum absolute atomic E-state index is 0.0886. The second-order valence-electron chi connectivity index (χ2n) is 13.9. The fraction of sp³-hybridized carbons (Fsp3) is 0.733. The van der Waals surface area contributed by atoms with Gasteiger partial charge in [-0.1, -0.05) is 58.9 Å². The highest BCUT2D eigenvalue weighted by Crippen LogP contribution is 2.45. The lowest BCUT2D eigenvalue weighted by atomic mass is 10.0. The molecule has 0 heterocycles. The van der Waals surface area contributed by atoms with Crippen molar-refractivity contribution in [3.63, 3.8) is 0 Å². The molecule has 0 fully saturated rings. The number of thioether (sulfide) groups is 1. The number of hydrogen-bond donors (Lipinski definition) is 0. The van der Waals surface area contributed by atoms with Crippen LogP contribution >= 0.6 is 56.1 Å². The summed E-state index contributed by atoms with van der Waals surface area (Å²) in [6.07, 6.45) is 6.89. The molecule has 0 aliphatic heterocycles. The third-order valence-electron chi connectivity index (χ3n) is 8.16. The summed E-state index contributed by atoms with van der Waals surface area (Å²) in [6, 6.07) is 0. The Kier molecular flexibility index (Phi) is 25.8. The van der Waals surface area contributed by atoms with E-state index in [9.17, 15) is 0 Å². The molecule has 2 atom stereocenters. The first-order chi connectivity index (χ1) is 20.0. The summed E-state index contributed by atoms with van der Waals surface area (Å²) in [5, 5.41) is 0.177. The van der Waals surface area contributed by atoms with E-state index >= 15 is 0 Å². The van der Waals surface area contributed by atoms with Crippen LogP contribution in [0.25, 0.3) is 0 Å². The van der Waals surface area contributed by atoms with E-state index in [4.69, 9.17) is 44.3 Å². The molecule has 0 rings (SSSR count). The Hall–Kier alpha value is 1.69. The Morgan fingerprint density at radius 2 is 0.837 bits per heavy atom. The predicted molar refractivity (Wildman–Crippen MR) is 225 cm³/mol. The quantitative estimate of drug-likeness (QED) is 0.0565. The zero-order valence-corrected chi connectivity index (χ0v) is 41.0. The fourth-order valence-electron chi connectivity index (χ4n) is 4.57. The lowest BCUT2D eigenvalue weighted by Gasteiger charge is -2.32. The largest absolute Gasteiger partial charge is 0.349 e. The van der Waals surface area contributed by atoms with Gasteiger partial charge in [0.25, 0.3) is 0 Å². The fourth-order valence-corrected chi connectivity index (χ4v) is 17.5. The molecule has 0 spiro atoms. The molecular weight excluding hydrogens is 731 g/mol. The summed E-state index contributed by atoms with van der Waals surface area (Å²) in [4.78, 5) is 0. The smallest absolute Gasteiger partial charge is 0.242 e. The van der Waals surface area contributed by atoms with Gasteiger partial charge in [0.05, 0.1) is 0 Å². The van der Waals surface area contributed by atoms with Gasteiger partial charge < -0.3 is 8.46 Å². The third kappa shape index (κ3) is 22.8. The maximum Gasteiger partial charge on any atom is 0.242 e. The molecule has 43 heavy (non-hydrogen) atoms. The van der Waals surface area contributed by atoms with E-state index in [-0.39, 0.29) is 48.8 Å². The van der Waals surface area contributed by atoms with Crippen molar-refractivity contribution in [1.82, 2.24) is 8.46 Å². The summed E-state index contributed by atoms with van der Waals surface area (Å²) in [7, 11) is -4.85. The average molecular weight is 795 g/mol. The topological polar surface area (TPSA) is 6.48 Å². The summed E-state index contributed by atoms with van der Waals surface area (Å²) >= 11 is 29.0. The van der Waals surface area contributed by atoms with Crippen LogP contribution in [0.2, 0.25) is 10.1 Å². The SMILES string of the molecule is CC(C)=C[SiH2]N(CCCC(C)(CCSCCC(C)(CCCN([SiH2]C=C(C)C)[SiH2]C=C(C)C)[SiH](Cl)Cl)[SiH](Cl)Cl)[SiH2]C=C(C)C. The van der Waals surface area contributed by atoms with E-state index in [2.05, 4.69) is 112 Å². The van der Waals surface area contributed by atoms with E-state index in [0.29, 0.717) is 0 Å². The summed E-state index contributed by atoms with van der Waals surface area (Å²) in [5.74, 6) is 2.23. The normalized spacial score (nSPS) is 15.7. The number of halogens is 4. The minimum atomic E-state index is -1.81. The van der Waals surface area contributed by atoms with Crippen molar-refractivity contribution in [2.24, 2.45) is 0 Å². The third-order valence-corrected chi connectivity index (χ3v) is 29.2. The molecule has 0 aromatic carbocycles. The summed E-state index contributed by atoms with van der Waals surface area (Å²) in [5.41, 5.74) is 15.8. The molecule has 0 saturated carbocycles. The predicted octanol–water partition coefficient (Wildman–Crippen LogP) is 7.61. The van der Waals surface area contributed by atoms with Crippen LogP contribution in [0.5, 0.6) is 0 Å². The van der Waals surface area contributed by atoms with Gasteiger partial charge in [-0.15, -0.1) is 44.3 Å². The van der Waals surface area contributed by atoms with Crippen molar-refractivity contribution in [2.75, 3.05) is 24.6 Å². The van der Waals surface area contributed by atoms with Gasteiger partial charge in [0.15, 0.2) is 0 Å². The molecule has 0 amide bonds. The van der Waals surface area contributed by atoms with Crippen molar-refractivity contribution in [3.05, 3.63) is 45.1 Å². The Bertz CT molecular complexity index is 780. The van der Waals surface area contributed by atoms with Crippen molar-refractivity contribution in [1.29, 1.82) is 0 Å². The molecule has 0 aliphatic carbocycles. The highest BCUT2D eigenvalue weighted by molar-refractivity contribution is 7.99.